The molecule has 0 unspecified atom stereocenters. The van der Waals surface area contributed by atoms with Crippen molar-refractivity contribution in [2.75, 3.05) is 27.2 Å². The maximum Gasteiger partial charge on any atom is 0.308 e. The van der Waals surface area contributed by atoms with Gasteiger partial charge in [-0.2, -0.15) is 4.31 Å². The molecule has 3 fully saturated rings. The summed E-state index contributed by atoms with van der Waals surface area (Å²) in [7, 11) is -0.270. The first-order chi connectivity index (χ1) is 19.2. The minimum absolute atomic E-state index is 0.0418. The number of ether oxygens (including phenoxy) is 3. The predicted molar refractivity (Wildman–Crippen MR) is 150 cm³/mol. The number of methoxy groups -OCH3 is 1. The molecule has 5 atom stereocenters. The summed E-state index contributed by atoms with van der Waals surface area (Å²) >= 11 is 0. The summed E-state index contributed by atoms with van der Waals surface area (Å²) < 4.78 is 47.6. The lowest BCUT2D eigenvalue weighted by Gasteiger charge is -2.60. The van der Waals surface area contributed by atoms with E-state index in [4.69, 9.17) is 14.2 Å². The lowest BCUT2D eigenvalue weighted by molar-refractivity contribution is -0.132. The average Bonchev–Trinajstić information content (AvgIpc) is 3.68. The lowest BCUT2D eigenvalue weighted by Crippen LogP contribution is -2.69. The van der Waals surface area contributed by atoms with Gasteiger partial charge in [0, 0.05) is 49.2 Å². The molecule has 0 aromatic heterocycles. The maximum absolute atomic E-state index is 13.8. The minimum atomic E-state index is -3.59. The van der Waals surface area contributed by atoms with E-state index in [1.54, 1.807) is 24.5 Å². The Kier molecular flexibility index (Phi) is 6.22. The van der Waals surface area contributed by atoms with Gasteiger partial charge in [0.2, 0.25) is 10.0 Å². The van der Waals surface area contributed by atoms with Crippen LogP contribution in [0.3, 0.4) is 0 Å². The second-order valence-electron chi connectivity index (χ2n) is 12.4. The Morgan fingerprint density at radius 3 is 2.62 bits per heavy atom. The summed E-state index contributed by atoms with van der Waals surface area (Å²) in [4.78, 5) is 14.8. The van der Waals surface area contributed by atoms with Crippen LogP contribution in [0.2, 0.25) is 0 Å². The standard InChI is InChI=1S/C31H38N2O6S/c1-19(34)38-26-16-27(37-3)29-28-22(26)15-25-23-11-12-24(32(2)40(35,36)18-21-7-5-4-6-8-21)30(39-29)31(23,28)13-14-33(25)17-20-9-10-20/h4-8,16,20,23-25,30H,9-15,17-18H2,1-3H3/t23-,24+,25+,30-,31-/m0/s1. The molecule has 9 heteroatoms. The number of sulfonamides is 1. The summed E-state index contributed by atoms with van der Waals surface area (Å²) in [6, 6.07) is 11.2. The second kappa shape index (κ2) is 9.46. The van der Waals surface area contributed by atoms with Crippen LogP contribution in [0.5, 0.6) is 17.2 Å². The SMILES string of the molecule is COc1cc(OC(C)=O)c2c3c1O[C@H]1[C@H](N(C)S(=O)(=O)Cc4ccccc4)CC[C@H]4[C@@H](C2)N(CC2CC2)CC[C@@]341. The molecule has 2 aliphatic heterocycles. The Balaban J connectivity index is 1.32. The number of rotatable bonds is 8. The Labute approximate surface area is 236 Å². The first-order valence-electron chi connectivity index (χ1n) is 14.6. The fourth-order valence-corrected chi connectivity index (χ4v) is 9.80. The van der Waals surface area contributed by atoms with Gasteiger partial charge in [-0.25, -0.2) is 8.42 Å². The third-order valence-electron chi connectivity index (χ3n) is 10.2. The molecule has 0 amide bonds. The van der Waals surface area contributed by atoms with Crippen molar-refractivity contribution in [2.24, 2.45) is 11.8 Å². The molecule has 214 valence electrons. The molecule has 1 saturated heterocycles. The normalized spacial score (nSPS) is 30.5. The molecule has 2 aromatic carbocycles. The van der Waals surface area contributed by atoms with Gasteiger partial charge in [-0.1, -0.05) is 30.3 Å². The molecule has 2 heterocycles. The van der Waals surface area contributed by atoms with Gasteiger partial charge in [-0.15, -0.1) is 0 Å². The number of nitrogens with zero attached hydrogens (tertiary/aromatic N) is 2. The monoisotopic (exact) mass is 566 g/mol. The molecular weight excluding hydrogens is 528 g/mol. The largest absolute Gasteiger partial charge is 0.493 e. The zero-order valence-electron chi connectivity index (χ0n) is 23.5. The Bertz CT molecular complexity index is 1440. The van der Waals surface area contributed by atoms with Gasteiger partial charge < -0.3 is 14.2 Å². The van der Waals surface area contributed by atoms with Crippen molar-refractivity contribution >= 4 is 16.0 Å². The average molecular weight is 567 g/mol. The quantitative estimate of drug-likeness (QED) is 0.354. The highest BCUT2D eigenvalue weighted by molar-refractivity contribution is 7.88. The molecule has 8 nitrogen and oxygen atoms in total. The van der Waals surface area contributed by atoms with Crippen molar-refractivity contribution in [2.45, 2.75) is 74.8 Å². The van der Waals surface area contributed by atoms with Gasteiger partial charge in [-0.3, -0.25) is 9.69 Å². The van der Waals surface area contributed by atoms with Gasteiger partial charge in [0.1, 0.15) is 11.9 Å². The molecule has 0 radical (unpaired) electrons. The van der Waals surface area contributed by atoms with E-state index < -0.39 is 10.0 Å². The molecule has 0 N–H and O–H groups in total. The highest BCUT2D eigenvalue weighted by atomic mass is 32.2. The topological polar surface area (TPSA) is 85.4 Å². The van der Waals surface area contributed by atoms with Gasteiger partial charge in [-0.05, 0) is 62.5 Å². The fourth-order valence-electron chi connectivity index (χ4n) is 8.36. The Morgan fingerprint density at radius 2 is 1.93 bits per heavy atom. The molecule has 5 aliphatic rings. The lowest BCUT2D eigenvalue weighted by atomic mass is 9.51. The minimum Gasteiger partial charge on any atom is -0.493 e. The van der Waals surface area contributed by atoms with E-state index in [0.29, 0.717) is 29.2 Å². The first kappa shape index (κ1) is 26.3. The van der Waals surface area contributed by atoms with E-state index in [1.807, 2.05) is 30.3 Å². The van der Waals surface area contributed by atoms with Gasteiger partial charge >= 0.3 is 5.97 Å². The first-order valence-corrected chi connectivity index (χ1v) is 16.2. The number of hydrogen-bond donors (Lipinski definition) is 0. The van der Waals surface area contributed by atoms with Crippen LogP contribution in [0.25, 0.3) is 0 Å². The zero-order chi connectivity index (χ0) is 27.8. The van der Waals surface area contributed by atoms with Crippen molar-refractivity contribution < 1.29 is 27.4 Å². The summed E-state index contributed by atoms with van der Waals surface area (Å²) in [5.74, 6) is 2.52. The maximum atomic E-state index is 13.8. The van der Waals surface area contributed by atoms with E-state index in [9.17, 15) is 13.2 Å². The van der Waals surface area contributed by atoms with Crippen LogP contribution >= 0.6 is 0 Å². The van der Waals surface area contributed by atoms with Crippen molar-refractivity contribution in [1.29, 1.82) is 0 Å². The van der Waals surface area contributed by atoms with Crippen molar-refractivity contribution in [3.05, 3.63) is 53.1 Å². The predicted octanol–water partition coefficient (Wildman–Crippen LogP) is 3.90. The summed E-state index contributed by atoms with van der Waals surface area (Å²) in [6.45, 7) is 3.50. The number of hydrogen-bond acceptors (Lipinski definition) is 7. The van der Waals surface area contributed by atoms with E-state index >= 15 is 0 Å². The Morgan fingerprint density at radius 1 is 1.15 bits per heavy atom. The van der Waals surface area contributed by atoms with Crippen LogP contribution < -0.4 is 14.2 Å². The number of carbonyl (C=O) groups is 1. The van der Waals surface area contributed by atoms with Crippen LogP contribution in [0.1, 0.15) is 55.7 Å². The van der Waals surface area contributed by atoms with E-state index in [1.165, 1.54) is 19.8 Å². The number of benzene rings is 2. The van der Waals surface area contributed by atoms with Crippen LogP contribution in [-0.2, 0) is 32.4 Å². The Hall–Kier alpha value is -2.62. The van der Waals surface area contributed by atoms with Crippen LogP contribution in [0.15, 0.2) is 36.4 Å². The highest BCUT2D eigenvalue weighted by Gasteiger charge is 2.67. The van der Waals surface area contributed by atoms with Gasteiger partial charge in [0.15, 0.2) is 11.5 Å². The van der Waals surface area contributed by atoms with Crippen LogP contribution in [-0.4, -0.2) is 69.0 Å². The molecule has 2 bridgehead atoms. The zero-order valence-corrected chi connectivity index (χ0v) is 24.3. The highest BCUT2D eigenvalue weighted by Crippen LogP contribution is 2.66. The summed E-state index contributed by atoms with van der Waals surface area (Å²) in [5.41, 5.74) is 2.55. The molecule has 7 rings (SSSR count). The van der Waals surface area contributed by atoms with Crippen LogP contribution in [0.4, 0.5) is 0 Å². The van der Waals surface area contributed by atoms with Gasteiger partial charge in [0.25, 0.3) is 0 Å². The molecule has 40 heavy (non-hydrogen) atoms. The smallest absolute Gasteiger partial charge is 0.308 e. The fraction of sp³-hybridized carbons (Fsp3) is 0.581. The van der Waals surface area contributed by atoms with E-state index in [-0.39, 0.29) is 29.3 Å². The number of likely N-dealkylation sites (N-methyl/N-ethyl adjacent to an activating group) is 1. The summed E-state index contributed by atoms with van der Waals surface area (Å²) in [5, 5.41) is 0. The van der Waals surface area contributed by atoms with Crippen molar-refractivity contribution in [3.8, 4) is 17.2 Å². The summed E-state index contributed by atoms with van der Waals surface area (Å²) in [6.07, 6.45) is 5.64. The number of piperidine rings is 1. The van der Waals surface area contributed by atoms with Crippen molar-refractivity contribution in [3.63, 3.8) is 0 Å². The number of esters is 1. The molecule has 3 aliphatic carbocycles. The number of carbonyl (C=O) groups excluding carboxylic acids is 1. The van der Waals surface area contributed by atoms with Crippen molar-refractivity contribution in [1.82, 2.24) is 9.21 Å². The molecule has 2 saturated carbocycles. The molecular formula is C31H38N2O6S. The van der Waals surface area contributed by atoms with E-state index in [2.05, 4.69) is 4.90 Å². The molecule has 2 aromatic rings. The third kappa shape index (κ3) is 3.99. The number of likely N-dealkylation sites (tertiary alicyclic amines) is 1. The third-order valence-corrected chi connectivity index (χ3v) is 12.1. The van der Waals surface area contributed by atoms with Crippen LogP contribution in [0, 0.1) is 11.8 Å². The molecule has 1 spiro atoms. The van der Waals surface area contributed by atoms with E-state index in [0.717, 1.165) is 61.4 Å². The second-order valence-corrected chi connectivity index (χ2v) is 14.4. The van der Waals surface area contributed by atoms with Gasteiger partial charge in [0.05, 0.1) is 18.9 Å².